The molecule has 1 heterocycles. The number of hydrogen-bond donors (Lipinski definition) is 0. The Morgan fingerprint density at radius 1 is 1.47 bits per heavy atom. The van der Waals surface area contributed by atoms with Crippen molar-refractivity contribution in [1.82, 2.24) is 4.90 Å². The van der Waals surface area contributed by atoms with Gasteiger partial charge in [0.25, 0.3) is 0 Å². The summed E-state index contributed by atoms with van der Waals surface area (Å²) in [6, 6.07) is 0. The van der Waals surface area contributed by atoms with E-state index in [1.165, 1.54) is 6.42 Å². The van der Waals surface area contributed by atoms with E-state index in [-0.39, 0.29) is 0 Å². The second-order valence-corrected chi connectivity index (χ2v) is 10.4. The number of thioether (sulfide) groups is 1. The summed E-state index contributed by atoms with van der Waals surface area (Å²) in [5.41, 5.74) is 0. The molecule has 0 aromatic heterocycles. The molecule has 1 saturated heterocycles. The van der Waals surface area contributed by atoms with Crippen molar-refractivity contribution in [2.24, 2.45) is 0 Å². The van der Waals surface area contributed by atoms with Crippen molar-refractivity contribution in [2.45, 2.75) is 18.1 Å². The van der Waals surface area contributed by atoms with Gasteiger partial charge in [0.2, 0.25) is 5.91 Å². The molecule has 1 aliphatic heterocycles. The van der Waals surface area contributed by atoms with E-state index in [1.807, 2.05) is 0 Å². The summed E-state index contributed by atoms with van der Waals surface area (Å²) in [6.45, 7) is 1.99. The summed E-state index contributed by atoms with van der Waals surface area (Å²) in [4.78, 5) is 13.9. The summed E-state index contributed by atoms with van der Waals surface area (Å²) in [5.74, 6) is 1.32. The molecule has 0 aromatic carbocycles. The number of likely N-dealkylation sites (tertiary alicyclic amines) is 1. The van der Waals surface area contributed by atoms with Crippen LogP contribution in [-0.4, -0.2) is 59.9 Å². The SMILES string of the molecule is CSCCC(=O)N1CCC(S(C)(C)C)C1. The van der Waals surface area contributed by atoms with Crippen LogP contribution < -0.4 is 0 Å². The minimum Gasteiger partial charge on any atom is -0.342 e. The Kier molecular flexibility index (Phi) is 4.84. The first-order chi connectivity index (χ1) is 6.95. The van der Waals surface area contributed by atoms with Crippen LogP contribution in [0.2, 0.25) is 0 Å². The lowest BCUT2D eigenvalue weighted by Gasteiger charge is -2.33. The van der Waals surface area contributed by atoms with E-state index in [9.17, 15) is 4.79 Å². The first-order valence-corrected chi connectivity index (χ1v) is 9.70. The average Bonchev–Trinajstić information content (AvgIpc) is 2.62. The molecule has 1 unspecified atom stereocenters. The van der Waals surface area contributed by atoms with Crippen molar-refractivity contribution in [3.05, 3.63) is 0 Å². The van der Waals surface area contributed by atoms with Gasteiger partial charge in [0.15, 0.2) is 0 Å². The predicted molar refractivity (Wildman–Crippen MR) is 73.3 cm³/mol. The van der Waals surface area contributed by atoms with Crippen LogP contribution >= 0.6 is 21.8 Å². The summed E-state index contributed by atoms with van der Waals surface area (Å²) >= 11 is 1.75. The van der Waals surface area contributed by atoms with Crippen molar-refractivity contribution < 1.29 is 4.79 Å². The highest BCUT2D eigenvalue weighted by Gasteiger charge is 2.30. The third-order valence-electron chi connectivity index (χ3n) is 3.02. The third kappa shape index (κ3) is 3.91. The van der Waals surface area contributed by atoms with Crippen molar-refractivity contribution in [3.8, 4) is 0 Å². The summed E-state index contributed by atoms with van der Waals surface area (Å²) in [5, 5.41) is 0.760. The lowest BCUT2D eigenvalue weighted by atomic mass is 10.4. The second-order valence-electron chi connectivity index (χ2n) is 4.93. The number of rotatable bonds is 4. The van der Waals surface area contributed by atoms with Crippen molar-refractivity contribution in [2.75, 3.05) is 43.9 Å². The van der Waals surface area contributed by atoms with Crippen LogP contribution in [0.5, 0.6) is 0 Å². The number of nitrogens with zero attached hydrogens (tertiary/aromatic N) is 1. The van der Waals surface area contributed by atoms with E-state index in [1.54, 1.807) is 11.8 Å². The molecular weight excluding hydrogens is 226 g/mol. The molecule has 1 fully saturated rings. The van der Waals surface area contributed by atoms with Crippen LogP contribution in [0, 0.1) is 0 Å². The fraction of sp³-hybridized carbons (Fsp3) is 0.909. The van der Waals surface area contributed by atoms with Gasteiger partial charge in [-0.1, -0.05) is 0 Å². The first kappa shape index (κ1) is 13.2. The molecule has 0 saturated carbocycles. The largest absolute Gasteiger partial charge is 0.342 e. The highest BCUT2D eigenvalue weighted by molar-refractivity contribution is 8.32. The van der Waals surface area contributed by atoms with E-state index in [0.29, 0.717) is 12.3 Å². The molecule has 0 N–H and O–H groups in total. The minimum absolute atomic E-state index is 0.357. The smallest absolute Gasteiger partial charge is 0.223 e. The van der Waals surface area contributed by atoms with E-state index < -0.39 is 10.0 Å². The maximum Gasteiger partial charge on any atom is 0.223 e. The molecule has 4 heteroatoms. The van der Waals surface area contributed by atoms with E-state index >= 15 is 0 Å². The van der Waals surface area contributed by atoms with Crippen molar-refractivity contribution in [1.29, 1.82) is 0 Å². The summed E-state index contributed by atoms with van der Waals surface area (Å²) < 4.78 is 0. The molecule has 0 aliphatic carbocycles. The number of amides is 1. The fourth-order valence-corrected chi connectivity index (χ4v) is 3.70. The maximum atomic E-state index is 11.8. The van der Waals surface area contributed by atoms with Crippen LogP contribution in [0.3, 0.4) is 0 Å². The second kappa shape index (κ2) is 5.48. The fourth-order valence-electron chi connectivity index (χ4n) is 1.88. The van der Waals surface area contributed by atoms with Gasteiger partial charge >= 0.3 is 0 Å². The zero-order valence-corrected chi connectivity index (χ0v) is 11.9. The zero-order valence-electron chi connectivity index (χ0n) is 10.3. The maximum absolute atomic E-state index is 11.8. The minimum atomic E-state index is -0.489. The van der Waals surface area contributed by atoms with Crippen LogP contribution in [0.1, 0.15) is 12.8 Å². The monoisotopic (exact) mass is 249 g/mol. The standard InChI is InChI=1S/C11H23NOS2/c1-14-8-6-11(13)12-7-5-10(9-12)15(2,3)4/h10H,5-9H2,1-4H3. The van der Waals surface area contributed by atoms with Crippen LogP contribution in [0.4, 0.5) is 0 Å². The predicted octanol–water partition coefficient (Wildman–Crippen LogP) is 2.03. The Hall–Kier alpha value is 0.170. The normalized spacial score (nSPS) is 23.2. The Labute approximate surface area is 99.5 Å². The van der Waals surface area contributed by atoms with Gasteiger partial charge in [-0.15, -0.1) is 0 Å². The third-order valence-corrected chi connectivity index (χ3v) is 6.01. The van der Waals surface area contributed by atoms with Crippen LogP contribution in [0.15, 0.2) is 0 Å². The molecule has 0 radical (unpaired) electrons. The summed E-state index contributed by atoms with van der Waals surface area (Å²) in [6.07, 6.45) is 11.0. The molecule has 2 nitrogen and oxygen atoms in total. The Balaban J connectivity index is 2.39. The van der Waals surface area contributed by atoms with Crippen molar-refractivity contribution >= 4 is 27.7 Å². The van der Waals surface area contributed by atoms with Gasteiger partial charge < -0.3 is 4.90 Å². The molecule has 1 atom stereocenters. The molecule has 1 amide bonds. The van der Waals surface area contributed by atoms with Gasteiger partial charge in [-0.2, -0.15) is 11.8 Å². The Bertz CT molecular complexity index is 225. The molecule has 0 aromatic rings. The van der Waals surface area contributed by atoms with Gasteiger partial charge in [0.1, 0.15) is 0 Å². The number of hydrogen-bond acceptors (Lipinski definition) is 2. The van der Waals surface area contributed by atoms with Gasteiger partial charge in [0.05, 0.1) is 0 Å². The van der Waals surface area contributed by atoms with Gasteiger partial charge in [-0.25, -0.2) is 10.0 Å². The number of carbonyl (C=O) groups is 1. The topological polar surface area (TPSA) is 20.3 Å². The van der Waals surface area contributed by atoms with Gasteiger partial charge in [-0.05, 0) is 31.4 Å². The quantitative estimate of drug-likeness (QED) is 0.760. The van der Waals surface area contributed by atoms with Crippen molar-refractivity contribution in [3.63, 3.8) is 0 Å². The lowest BCUT2D eigenvalue weighted by Crippen LogP contribution is -2.30. The highest BCUT2D eigenvalue weighted by atomic mass is 32.3. The lowest BCUT2D eigenvalue weighted by molar-refractivity contribution is -0.129. The molecule has 1 rings (SSSR count). The molecule has 15 heavy (non-hydrogen) atoms. The highest BCUT2D eigenvalue weighted by Crippen LogP contribution is 2.45. The Morgan fingerprint density at radius 3 is 2.60 bits per heavy atom. The molecule has 90 valence electrons. The first-order valence-electron chi connectivity index (χ1n) is 5.39. The van der Waals surface area contributed by atoms with Crippen LogP contribution in [-0.2, 0) is 4.79 Å². The zero-order chi connectivity index (χ0) is 11.5. The van der Waals surface area contributed by atoms with Gasteiger partial charge in [-0.3, -0.25) is 4.79 Å². The van der Waals surface area contributed by atoms with E-state index in [2.05, 4.69) is 29.9 Å². The van der Waals surface area contributed by atoms with E-state index in [4.69, 9.17) is 0 Å². The van der Waals surface area contributed by atoms with E-state index in [0.717, 1.165) is 24.1 Å². The van der Waals surface area contributed by atoms with Crippen LogP contribution in [0.25, 0.3) is 0 Å². The molecule has 0 spiro atoms. The average molecular weight is 249 g/mol. The Morgan fingerprint density at radius 2 is 2.13 bits per heavy atom. The molecule has 0 bridgehead atoms. The summed E-state index contributed by atoms with van der Waals surface area (Å²) in [7, 11) is -0.489. The number of carbonyl (C=O) groups excluding carboxylic acids is 1. The molecule has 1 aliphatic rings. The van der Waals surface area contributed by atoms with Gasteiger partial charge in [0, 0.05) is 30.5 Å². The molecular formula is C11H23NOS2.